The Bertz CT molecular complexity index is 508. The van der Waals surface area contributed by atoms with Gasteiger partial charge in [0.2, 0.25) is 5.91 Å². The van der Waals surface area contributed by atoms with E-state index in [-0.39, 0.29) is 24.3 Å². The van der Waals surface area contributed by atoms with Gasteiger partial charge in [-0.25, -0.2) is 4.39 Å². The van der Waals surface area contributed by atoms with Crippen LogP contribution in [0.4, 0.5) is 10.1 Å². The van der Waals surface area contributed by atoms with E-state index in [1.165, 1.54) is 12.1 Å². The van der Waals surface area contributed by atoms with E-state index < -0.39 is 6.04 Å². The molecule has 0 aliphatic carbocycles. The zero-order chi connectivity index (χ0) is 15.4. The van der Waals surface area contributed by atoms with Gasteiger partial charge in [-0.05, 0) is 37.6 Å². The summed E-state index contributed by atoms with van der Waals surface area (Å²) in [5, 5.41) is 2.88. The number of halogens is 1. The van der Waals surface area contributed by atoms with E-state index in [1.807, 2.05) is 24.8 Å². The van der Waals surface area contributed by atoms with Gasteiger partial charge in [0, 0.05) is 24.8 Å². The van der Waals surface area contributed by atoms with Gasteiger partial charge in [-0.3, -0.25) is 4.79 Å². The Labute approximate surface area is 124 Å². The molecular formula is C15H22FN3O2. The quantitative estimate of drug-likeness (QED) is 0.870. The number of anilines is 1. The SMILES string of the molecule is CC(C)NC(=O)C1COCCN1c1cc(F)cc(CN)c1. The highest BCUT2D eigenvalue weighted by molar-refractivity contribution is 5.86. The van der Waals surface area contributed by atoms with Gasteiger partial charge in [0.05, 0.1) is 13.2 Å². The molecule has 1 aromatic rings. The lowest BCUT2D eigenvalue weighted by atomic mass is 10.1. The number of benzene rings is 1. The number of morpholine rings is 1. The van der Waals surface area contributed by atoms with E-state index in [1.54, 1.807) is 0 Å². The monoisotopic (exact) mass is 295 g/mol. The summed E-state index contributed by atoms with van der Waals surface area (Å²) < 4.78 is 19.1. The predicted octanol–water partition coefficient (Wildman–Crippen LogP) is 1.01. The first kappa shape index (κ1) is 15.7. The highest BCUT2D eigenvalue weighted by Crippen LogP contribution is 2.23. The van der Waals surface area contributed by atoms with Gasteiger partial charge in [0.15, 0.2) is 0 Å². The molecule has 0 bridgehead atoms. The zero-order valence-corrected chi connectivity index (χ0v) is 12.4. The Morgan fingerprint density at radius 2 is 2.29 bits per heavy atom. The minimum atomic E-state index is -0.450. The first-order valence-electron chi connectivity index (χ1n) is 7.15. The number of nitrogens with one attached hydrogen (secondary N) is 1. The van der Waals surface area contributed by atoms with Crippen LogP contribution in [0.25, 0.3) is 0 Å². The molecule has 1 unspecified atom stereocenters. The lowest BCUT2D eigenvalue weighted by Gasteiger charge is -2.36. The minimum absolute atomic E-state index is 0.0494. The number of carbonyl (C=O) groups excluding carboxylic acids is 1. The number of carbonyl (C=O) groups is 1. The van der Waals surface area contributed by atoms with Crippen molar-refractivity contribution in [2.24, 2.45) is 5.73 Å². The van der Waals surface area contributed by atoms with Crippen molar-refractivity contribution in [2.75, 3.05) is 24.7 Å². The van der Waals surface area contributed by atoms with Crippen LogP contribution in [0.5, 0.6) is 0 Å². The summed E-state index contributed by atoms with van der Waals surface area (Å²) in [5.41, 5.74) is 6.97. The lowest BCUT2D eigenvalue weighted by molar-refractivity contribution is -0.125. The van der Waals surface area contributed by atoms with Crippen LogP contribution in [0.15, 0.2) is 18.2 Å². The normalized spacial score (nSPS) is 18.9. The smallest absolute Gasteiger partial charge is 0.245 e. The second-order valence-corrected chi connectivity index (χ2v) is 5.47. The maximum Gasteiger partial charge on any atom is 0.245 e. The summed E-state index contributed by atoms with van der Waals surface area (Å²) in [6, 6.07) is 4.26. The van der Waals surface area contributed by atoms with Crippen LogP contribution in [0.2, 0.25) is 0 Å². The van der Waals surface area contributed by atoms with Gasteiger partial charge in [0.25, 0.3) is 0 Å². The maximum atomic E-state index is 13.7. The van der Waals surface area contributed by atoms with Crippen LogP contribution >= 0.6 is 0 Å². The molecule has 1 amide bonds. The first-order chi connectivity index (χ1) is 10.0. The molecule has 1 saturated heterocycles. The average Bonchev–Trinajstić information content (AvgIpc) is 2.45. The molecule has 1 atom stereocenters. The zero-order valence-electron chi connectivity index (χ0n) is 12.4. The van der Waals surface area contributed by atoms with E-state index in [4.69, 9.17) is 10.5 Å². The summed E-state index contributed by atoms with van der Waals surface area (Å²) >= 11 is 0. The van der Waals surface area contributed by atoms with Gasteiger partial charge in [-0.2, -0.15) is 0 Å². The second kappa shape index (κ2) is 6.87. The van der Waals surface area contributed by atoms with Crippen LogP contribution < -0.4 is 16.0 Å². The molecule has 1 heterocycles. The van der Waals surface area contributed by atoms with Gasteiger partial charge in [-0.1, -0.05) is 0 Å². The molecule has 1 fully saturated rings. The Kier molecular flexibility index (Phi) is 5.14. The largest absolute Gasteiger partial charge is 0.377 e. The van der Waals surface area contributed by atoms with Gasteiger partial charge in [-0.15, -0.1) is 0 Å². The van der Waals surface area contributed by atoms with Gasteiger partial charge >= 0.3 is 0 Å². The number of rotatable bonds is 4. The predicted molar refractivity (Wildman–Crippen MR) is 79.5 cm³/mol. The molecule has 21 heavy (non-hydrogen) atoms. The third-order valence-corrected chi connectivity index (χ3v) is 3.37. The topological polar surface area (TPSA) is 67.6 Å². The molecule has 0 spiro atoms. The second-order valence-electron chi connectivity index (χ2n) is 5.47. The molecule has 1 aromatic carbocycles. The van der Waals surface area contributed by atoms with Gasteiger partial charge < -0.3 is 20.7 Å². The van der Waals surface area contributed by atoms with Crippen molar-refractivity contribution in [1.82, 2.24) is 5.32 Å². The maximum absolute atomic E-state index is 13.7. The standard InChI is InChI=1S/C15H22FN3O2/c1-10(2)18-15(20)14-9-21-4-3-19(14)13-6-11(8-17)5-12(16)7-13/h5-7,10,14H,3-4,8-9,17H2,1-2H3,(H,18,20). The summed E-state index contributed by atoms with van der Waals surface area (Å²) in [4.78, 5) is 14.2. The van der Waals surface area contributed by atoms with Crippen molar-refractivity contribution in [3.63, 3.8) is 0 Å². The van der Waals surface area contributed by atoms with Crippen LogP contribution in [-0.2, 0) is 16.1 Å². The molecule has 116 valence electrons. The van der Waals surface area contributed by atoms with Crippen molar-refractivity contribution >= 4 is 11.6 Å². The summed E-state index contributed by atoms with van der Waals surface area (Å²) in [5.74, 6) is -0.453. The molecule has 2 rings (SSSR count). The Balaban J connectivity index is 2.26. The van der Waals surface area contributed by atoms with E-state index in [0.29, 0.717) is 31.0 Å². The molecule has 1 aliphatic rings. The average molecular weight is 295 g/mol. The van der Waals surface area contributed by atoms with Crippen molar-refractivity contribution < 1.29 is 13.9 Å². The highest BCUT2D eigenvalue weighted by Gasteiger charge is 2.30. The number of hydrogen-bond donors (Lipinski definition) is 2. The number of nitrogens with two attached hydrogens (primary N) is 1. The fourth-order valence-corrected chi connectivity index (χ4v) is 2.43. The molecule has 0 aromatic heterocycles. The van der Waals surface area contributed by atoms with Crippen molar-refractivity contribution in [3.8, 4) is 0 Å². The van der Waals surface area contributed by atoms with E-state index in [2.05, 4.69) is 5.32 Å². The summed E-state index contributed by atoms with van der Waals surface area (Å²) in [7, 11) is 0. The number of nitrogens with zero attached hydrogens (tertiary/aromatic N) is 1. The fourth-order valence-electron chi connectivity index (χ4n) is 2.43. The van der Waals surface area contributed by atoms with Crippen LogP contribution in [0.3, 0.4) is 0 Å². The van der Waals surface area contributed by atoms with E-state index >= 15 is 0 Å². The Hall–Kier alpha value is -1.66. The Morgan fingerprint density at radius 1 is 1.52 bits per heavy atom. The number of amides is 1. The van der Waals surface area contributed by atoms with E-state index in [0.717, 1.165) is 0 Å². The summed E-state index contributed by atoms with van der Waals surface area (Å²) in [6.45, 7) is 5.43. The Morgan fingerprint density at radius 3 is 2.95 bits per heavy atom. The number of ether oxygens (including phenoxy) is 1. The first-order valence-corrected chi connectivity index (χ1v) is 7.15. The fraction of sp³-hybridized carbons (Fsp3) is 0.533. The van der Waals surface area contributed by atoms with Crippen molar-refractivity contribution in [1.29, 1.82) is 0 Å². The molecule has 3 N–H and O–H groups in total. The highest BCUT2D eigenvalue weighted by atomic mass is 19.1. The summed E-state index contributed by atoms with van der Waals surface area (Å²) in [6.07, 6.45) is 0. The lowest BCUT2D eigenvalue weighted by Crippen LogP contribution is -2.55. The van der Waals surface area contributed by atoms with Crippen molar-refractivity contribution in [2.45, 2.75) is 32.5 Å². The minimum Gasteiger partial charge on any atom is -0.377 e. The molecule has 0 saturated carbocycles. The van der Waals surface area contributed by atoms with E-state index in [9.17, 15) is 9.18 Å². The van der Waals surface area contributed by atoms with Crippen LogP contribution in [0, 0.1) is 5.82 Å². The molecule has 5 nitrogen and oxygen atoms in total. The molecule has 0 radical (unpaired) electrons. The number of hydrogen-bond acceptors (Lipinski definition) is 4. The molecular weight excluding hydrogens is 273 g/mol. The van der Waals surface area contributed by atoms with Crippen LogP contribution in [-0.4, -0.2) is 37.7 Å². The molecule has 6 heteroatoms. The third kappa shape index (κ3) is 3.92. The van der Waals surface area contributed by atoms with Crippen molar-refractivity contribution in [3.05, 3.63) is 29.6 Å². The molecule has 1 aliphatic heterocycles. The van der Waals surface area contributed by atoms with Gasteiger partial charge in [0.1, 0.15) is 11.9 Å². The third-order valence-electron chi connectivity index (χ3n) is 3.37. The van der Waals surface area contributed by atoms with Crippen LogP contribution in [0.1, 0.15) is 19.4 Å².